The van der Waals surface area contributed by atoms with Crippen molar-refractivity contribution in [1.29, 1.82) is 0 Å². The van der Waals surface area contributed by atoms with E-state index in [0.29, 0.717) is 17.8 Å². The number of carbonyl (C=O) groups excluding carboxylic acids is 2. The molecule has 0 spiro atoms. The van der Waals surface area contributed by atoms with Crippen LogP contribution >= 0.6 is 0 Å². The maximum atomic E-state index is 12.4. The lowest BCUT2D eigenvalue weighted by molar-refractivity contribution is 0.0964. The molecule has 7 nitrogen and oxygen atoms in total. The summed E-state index contributed by atoms with van der Waals surface area (Å²) in [4.78, 5) is 24.1. The van der Waals surface area contributed by atoms with E-state index in [1.165, 1.54) is 0 Å². The summed E-state index contributed by atoms with van der Waals surface area (Å²) in [5, 5.41) is 13.4. The summed E-state index contributed by atoms with van der Waals surface area (Å²) < 4.78 is 1.55. The lowest BCUT2D eigenvalue weighted by Gasteiger charge is -2.04. The maximum Gasteiger partial charge on any atom is 0.277 e. The van der Waals surface area contributed by atoms with Gasteiger partial charge < -0.3 is 10.6 Å². The van der Waals surface area contributed by atoms with E-state index in [4.69, 9.17) is 0 Å². The van der Waals surface area contributed by atoms with E-state index < -0.39 is 0 Å². The molecule has 0 aliphatic carbocycles. The number of hydrogen-bond donors (Lipinski definition) is 2. The lowest BCUT2D eigenvalue weighted by Crippen LogP contribution is -2.14. The van der Waals surface area contributed by atoms with Crippen molar-refractivity contribution >= 4 is 17.5 Å². The highest BCUT2D eigenvalue weighted by Crippen LogP contribution is 2.20. The smallest absolute Gasteiger partial charge is 0.277 e. The van der Waals surface area contributed by atoms with Crippen LogP contribution in [0.25, 0.3) is 5.69 Å². The molecule has 4 rings (SSSR count). The fraction of sp³-hybridized carbons (Fsp3) is 0.111. The van der Waals surface area contributed by atoms with Crippen molar-refractivity contribution in [3.63, 3.8) is 0 Å². The quantitative estimate of drug-likeness (QED) is 0.768. The van der Waals surface area contributed by atoms with Crippen LogP contribution in [-0.2, 0) is 6.54 Å². The van der Waals surface area contributed by atoms with E-state index in [-0.39, 0.29) is 17.5 Å². The Bertz CT molecular complexity index is 975. The Morgan fingerprint density at radius 2 is 2.00 bits per heavy atom. The van der Waals surface area contributed by atoms with E-state index in [0.717, 1.165) is 16.8 Å². The van der Waals surface area contributed by atoms with Crippen molar-refractivity contribution in [2.45, 2.75) is 13.5 Å². The van der Waals surface area contributed by atoms with Crippen LogP contribution < -0.4 is 10.6 Å². The SMILES string of the molecule is Cc1ccc(-n2cc(C(=O)Nc3ccc4c(c3)C(=O)NC4)nn2)cc1. The van der Waals surface area contributed by atoms with Crippen molar-refractivity contribution in [2.75, 3.05) is 5.32 Å². The molecule has 124 valence electrons. The van der Waals surface area contributed by atoms with E-state index in [9.17, 15) is 9.59 Å². The largest absolute Gasteiger partial charge is 0.348 e. The first-order valence-electron chi connectivity index (χ1n) is 7.82. The van der Waals surface area contributed by atoms with Crippen LogP contribution in [0.3, 0.4) is 0 Å². The average molecular weight is 333 g/mol. The average Bonchev–Trinajstić information content (AvgIpc) is 3.24. The van der Waals surface area contributed by atoms with Crippen LogP contribution in [0.2, 0.25) is 0 Å². The molecule has 0 radical (unpaired) electrons. The molecule has 7 heteroatoms. The summed E-state index contributed by atoms with van der Waals surface area (Å²) in [5.74, 6) is -0.506. The number of anilines is 1. The molecule has 0 fully saturated rings. The van der Waals surface area contributed by atoms with E-state index in [2.05, 4.69) is 20.9 Å². The molecule has 2 aromatic carbocycles. The minimum absolute atomic E-state index is 0.128. The zero-order chi connectivity index (χ0) is 17.4. The summed E-state index contributed by atoms with van der Waals surface area (Å²) in [6.07, 6.45) is 1.57. The Morgan fingerprint density at radius 1 is 1.20 bits per heavy atom. The van der Waals surface area contributed by atoms with Gasteiger partial charge in [0.1, 0.15) is 0 Å². The Morgan fingerprint density at radius 3 is 2.80 bits per heavy atom. The molecule has 0 bridgehead atoms. The minimum Gasteiger partial charge on any atom is -0.348 e. The Balaban J connectivity index is 1.53. The molecule has 1 aromatic heterocycles. The van der Waals surface area contributed by atoms with Crippen LogP contribution in [0.1, 0.15) is 32.0 Å². The summed E-state index contributed by atoms with van der Waals surface area (Å²) in [5.41, 5.74) is 4.22. The maximum absolute atomic E-state index is 12.4. The first kappa shape index (κ1) is 15.1. The third-order valence-corrected chi connectivity index (χ3v) is 4.08. The molecule has 25 heavy (non-hydrogen) atoms. The number of nitrogens with zero attached hydrogens (tertiary/aromatic N) is 3. The van der Waals surface area contributed by atoms with Crippen LogP contribution in [0, 0.1) is 6.92 Å². The second-order valence-corrected chi connectivity index (χ2v) is 5.89. The van der Waals surface area contributed by atoms with Crippen LogP contribution in [0.5, 0.6) is 0 Å². The van der Waals surface area contributed by atoms with Gasteiger partial charge in [-0.05, 0) is 36.8 Å². The number of benzene rings is 2. The zero-order valence-corrected chi connectivity index (χ0v) is 13.5. The standard InChI is InChI=1S/C18H15N5O2/c1-11-2-6-14(7-3-11)23-10-16(21-22-23)18(25)20-13-5-4-12-9-19-17(24)15(12)8-13/h2-8,10H,9H2,1H3,(H,19,24)(H,20,25). The Kier molecular flexibility index (Phi) is 3.53. The third kappa shape index (κ3) is 2.87. The molecular weight excluding hydrogens is 318 g/mol. The molecule has 0 saturated heterocycles. The molecule has 0 unspecified atom stereocenters. The number of fused-ring (bicyclic) bond motifs is 1. The number of hydrogen-bond acceptors (Lipinski definition) is 4. The van der Waals surface area contributed by atoms with E-state index in [1.807, 2.05) is 37.3 Å². The van der Waals surface area contributed by atoms with E-state index >= 15 is 0 Å². The van der Waals surface area contributed by atoms with Gasteiger partial charge in [-0.3, -0.25) is 9.59 Å². The highest BCUT2D eigenvalue weighted by Gasteiger charge is 2.19. The van der Waals surface area contributed by atoms with Gasteiger partial charge in [0.15, 0.2) is 5.69 Å². The first-order chi connectivity index (χ1) is 12.1. The molecular formula is C18H15N5O2. The first-order valence-corrected chi connectivity index (χ1v) is 7.82. The van der Waals surface area contributed by atoms with Gasteiger partial charge in [0, 0.05) is 17.8 Å². The number of aromatic nitrogens is 3. The van der Waals surface area contributed by atoms with Gasteiger partial charge in [-0.25, -0.2) is 4.68 Å². The van der Waals surface area contributed by atoms with Gasteiger partial charge in [0.2, 0.25) is 0 Å². The van der Waals surface area contributed by atoms with Gasteiger partial charge >= 0.3 is 0 Å². The Hall–Kier alpha value is -3.48. The van der Waals surface area contributed by atoms with Gasteiger partial charge in [0.25, 0.3) is 11.8 Å². The summed E-state index contributed by atoms with van der Waals surface area (Å²) in [6, 6.07) is 13.0. The van der Waals surface area contributed by atoms with Crippen molar-refractivity contribution in [3.05, 3.63) is 71.0 Å². The number of nitrogens with one attached hydrogen (secondary N) is 2. The highest BCUT2D eigenvalue weighted by molar-refractivity contribution is 6.04. The zero-order valence-electron chi connectivity index (χ0n) is 13.5. The summed E-state index contributed by atoms with van der Waals surface area (Å²) >= 11 is 0. The molecule has 2 heterocycles. The van der Waals surface area contributed by atoms with Crippen molar-refractivity contribution in [1.82, 2.24) is 20.3 Å². The normalized spacial score (nSPS) is 12.6. The predicted octanol–water partition coefficient (Wildman–Crippen LogP) is 2.07. The van der Waals surface area contributed by atoms with Crippen molar-refractivity contribution < 1.29 is 9.59 Å². The molecule has 2 N–H and O–H groups in total. The third-order valence-electron chi connectivity index (χ3n) is 4.08. The minimum atomic E-state index is -0.378. The van der Waals surface area contributed by atoms with Gasteiger partial charge in [-0.2, -0.15) is 0 Å². The topological polar surface area (TPSA) is 88.9 Å². The second kappa shape index (κ2) is 5.86. The Labute approximate surface area is 143 Å². The summed E-state index contributed by atoms with van der Waals surface area (Å²) in [7, 11) is 0. The van der Waals surface area contributed by atoms with Gasteiger partial charge in [-0.15, -0.1) is 5.10 Å². The second-order valence-electron chi connectivity index (χ2n) is 5.89. The molecule has 1 aliphatic heterocycles. The molecule has 0 saturated carbocycles. The van der Waals surface area contributed by atoms with E-state index in [1.54, 1.807) is 23.0 Å². The molecule has 1 aliphatic rings. The van der Waals surface area contributed by atoms with Crippen LogP contribution in [0.4, 0.5) is 5.69 Å². The number of rotatable bonds is 3. The van der Waals surface area contributed by atoms with Crippen molar-refractivity contribution in [3.8, 4) is 5.69 Å². The highest BCUT2D eigenvalue weighted by atomic mass is 16.2. The predicted molar refractivity (Wildman–Crippen MR) is 91.7 cm³/mol. The molecule has 2 amide bonds. The fourth-order valence-electron chi connectivity index (χ4n) is 2.68. The van der Waals surface area contributed by atoms with Crippen molar-refractivity contribution in [2.24, 2.45) is 0 Å². The fourth-order valence-corrected chi connectivity index (χ4v) is 2.68. The molecule has 0 atom stereocenters. The number of amides is 2. The lowest BCUT2D eigenvalue weighted by atomic mass is 10.1. The van der Waals surface area contributed by atoms with Crippen LogP contribution in [-0.4, -0.2) is 26.8 Å². The van der Waals surface area contributed by atoms with Crippen LogP contribution in [0.15, 0.2) is 48.7 Å². The van der Waals surface area contributed by atoms with Gasteiger partial charge in [-0.1, -0.05) is 29.0 Å². The number of aryl methyl sites for hydroxylation is 1. The van der Waals surface area contributed by atoms with Gasteiger partial charge in [0.05, 0.1) is 11.9 Å². The summed E-state index contributed by atoms with van der Waals surface area (Å²) in [6.45, 7) is 2.52. The number of carbonyl (C=O) groups is 2. The molecule has 3 aromatic rings. The monoisotopic (exact) mass is 333 g/mol.